The Kier molecular flexibility index (Phi) is 9.36. The smallest absolute Gasteiger partial charge is 0.209 e. The Bertz CT molecular complexity index is 1470. The highest BCUT2D eigenvalue weighted by atomic mass is 35.5. The molecule has 6 heteroatoms. The number of allylic oxidation sites excluding steroid dienone is 6. The molecule has 2 atom stereocenters. The van der Waals surface area contributed by atoms with Crippen molar-refractivity contribution in [2.75, 3.05) is 31.7 Å². The molecule has 0 saturated heterocycles. The average molecular weight is 627 g/mol. The first-order valence-corrected chi connectivity index (χ1v) is 16.4. The lowest BCUT2D eigenvalue weighted by atomic mass is 9.79. The molecule has 2 aliphatic heterocycles. The van der Waals surface area contributed by atoms with Crippen molar-refractivity contribution < 1.29 is 9.31 Å². The van der Waals surface area contributed by atoms with E-state index in [9.17, 15) is 0 Å². The predicted molar refractivity (Wildman–Crippen MR) is 181 cm³/mol. The molecular weight excluding hydrogens is 583 g/mol. The fraction of sp³-hybridized carbons (Fsp3) is 0.472. The van der Waals surface area contributed by atoms with Gasteiger partial charge < -0.3 is 9.64 Å². The number of benzene rings is 2. The van der Waals surface area contributed by atoms with Crippen LogP contribution in [-0.4, -0.2) is 42.5 Å². The van der Waals surface area contributed by atoms with Gasteiger partial charge in [-0.1, -0.05) is 61.7 Å². The van der Waals surface area contributed by atoms with Crippen LogP contribution in [0.2, 0.25) is 10.0 Å². The molecule has 0 aromatic heterocycles. The van der Waals surface area contributed by atoms with E-state index in [-0.39, 0.29) is 22.1 Å². The molecule has 0 N–H and O–H groups in total. The fourth-order valence-corrected chi connectivity index (χ4v) is 7.79. The molecule has 1 fully saturated rings. The van der Waals surface area contributed by atoms with Gasteiger partial charge in [0.05, 0.1) is 10.8 Å². The van der Waals surface area contributed by atoms with Gasteiger partial charge in [0.25, 0.3) is 0 Å². The molecule has 5 rings (SSSR count). The first-order valence-electron chi connectivity index (χ1n) is 15.3. The van der Waals surface area contributed by atoms with Crippen molar-refractivity contribution in [2.24, 2.45) is 5.92 Å². The summed E-state index contributed by atoms with van der Waals surface area (Å²) in [6.45, 7) is 13.8. The standard InChI is InChI=1S/C36H44Cl3N2O/c1-7-19-40-30-15-13-26(37)22-28(30)35(2,3)32(40)17-11-24-9-8-10-25(34(24)39)12-18-33-36(4,5)29-23-27(38)14-16-31(29)41(33)20-21-42-6/h11-18,22-23,25,34H,7-10,19-21H2,1-6H3/q+1/b18-12+,24-11+,32-17+. The van der Waals surface area contributed by atoms with E-state index in [4.69, 9.17) is 39.5 Å². The van der Waals surface area contributed by atoms with Gasteiger partial charge in [0.15, 0.2) is 12.3 Å². The number of methoxy groups -OCH3 is 1. The molecule has 0 amide bonds. The van der Waals surface area contributed by atoms with Gasteiger partial charge in [-0.25, -0.2) is 0 Å². The summed E-state index contributed by atoms with van der Waals surface area (Å²) in [4.78, 5) is 2.46. The summed E-state index contributed by atoms with van der Waals surface area (Å²) < 4.78 is 7.85. The normalized spacial score (nSPS) is 24.7. The van der Waals surface area contributed by atoms with Gasteiger partial charge in [0.2, 0.25) is 5.69 Å². The third-order valence-corrected chi connectivity index (χ3v) is 10.4. The summed E-state index contributed by atoms with van der Waals surface area (Å²) in [5.74, 6) is 0.268. The van der Waals surface area contributed by atoms with Crippen LogP contribution in [0.25, 0.3) is 0 Å². The van der Waals surface area contributed by atoms with Crippen LogP contribution >= 0.6 is 34.8 Å². The van der Waals surface area contributed by atoms with Crippen molar-refractivity contribution in [3.63, 3.8) is 0 Å². The van der Waals surface area contributed by atoms with Crippen molar-refractivity contribution in [3.05, 3.63) is 93.1 Å². The summed E-state index contributed by atoms with van der Waals surface area (Å²) >= 11 is 20.1. The largest absolute Gasteiger partial charge is 0.378 e. The molecule has 0 radical (unpaired) electrons. The first kappa shape index (κ1) is 31.4. The molecule has 2 aromatic rings. The Morgan fingerprint density at radius 3 is 2.43 bits per heavy atom. The van der Waals surface area contributed by atoms with Crippen LogP contribution in [0, 0.1) is 5.92 Å². The van der Waals surface area contributed by atoms with Crippen LogP contribution in [0.1, 0.15) is 71.4 Å². The highest BCUT2D eigenvalue weighted by molar-refractivity contribution is 6.31. The highest BCUT2D eigenvalue weighted by Gasteiger charge is 2.45. The molecule has 0 spiro atoms. The zero-order valence-corrected chi connectivity index (χ0v) is 28.1. The lowest BCUT2D eigenvalue weighted by Gasteiger charge is -2.29. The second-order valence-electron chi connectivity index (χ2n) is 12.9. The maximum atomic E-state index is 7.26. The lowest BCUT2D eigenvalue weighted by Crippen LogP contribution is -2.29. The Morgan fingerprint density at radius 1 is 1.00 bits per heavy atom. The minimum atomic E-state index is -0.168. The van der Waals surface area contributed by atoms with E-state index < -0.39 is 0 Å². The van der Waals surface area contributed by atoms with Crippen LogP contribution in [0.5, 0.6) is 0 Å². The molecule has 1 aliphatic carbocycles. The zero-order chi connectivity index (χ0) is 30.2. The van der Waals surface area contributed by atoms with Gasteiger partial charge in [-0.3, -0.25) is 0 Å². The lowest BCUT2D eigenvalue weighted by molar-refractivity contribution is -0.441. The van der Waals surface area contributed by atoms with E-state index in [0.717, 1.165) is 48.8 Å². The van der Waals surface area contributed by atoms with Gasteiger partial charge in [-0.2, -0.15) is 4.58 Å². The molecule has 42 heavy (non-hydrogen) atoms. The van der Waals surface area contributed by atoms with E-state index in [2.05, 4.69) is 92.7 Å². The number of halogens is 3. The maximum Gasteiger partial charge on any atom is 0.209 e. The van der Waals surface area contributed by atoms with Crippen LogP contribution < -0.4 is 4.90 Å². The Labute approximate surface area is 267 Å². The number of rotatable bonds is 8. The third kappa shape index (κ3) is 5.75. The van der Waals surface area contributed by atoms with E-state index in [1.807, 2.05) is 12.1 Å². The van der Waals surface area contributed by atoms with E-state index in [0.29, 0.717) is 6.61 Å². The van der Waals surface area contributed by atoms with Gasteiger partial charge >= 0.3 is 0 Å². The number of hydrogen-bond donors (Lipinski definition) is 0. The van der Waals surface area contributed by atoms with Gasteiger partial charge in [0.1, 0.15) is 6.61 Å². The SMILES string of the molecule is CCCN1/C(=C/C=C2\CCCC(/C=C/C3=[N+](CCOC)c4ccc(Cl)cc4C3(C)C)C2Cl)C(C)(C)c2cc(Cl)ccc21. The molecule has 3 nitrogen and oxygen atoms in total. The Morgan fingerprint density at radius 2 is 1.71 bits per heavy atom. The van der Waals surface area contributed by atoms with Crippen molar-refractivity contribution >= 4 is 51.9 Å². The van der Waals surface area contributed by atoms with Gasteiger partial charge in [-0.15, -0.1) is 11.6 Å². The minimum absolute atomic E-state index is 0.0397. The first-order chi connectivity index (χ1) is 20.0. The topological polar surface area (TPSA) is 15.5 Å². The molecule has 0 bridgehead atoms. The molecular formula is C36H44Cl3N2O+. The number of fused-ring (bicyclic) bond motifs is 2. The Balaban J connectivity index is 1.43. The average Bonchev–Trinajstić information content (AvgIpc) is 3.28. The zero-order valence-electron chi connectivity index (χ0n) is 25.8. The summed E-state index contributed by atoms with van der Waals surface area (Å²) in [5, 5.41) is 1.52. The Hall–Kier alpha value is -2.04. The molecule has 1 saturated carbocycles. The number of ether oxygens (including phenoxy) is 1. The van der Waals surface area contributed by atoms with E-state index in [1.54, 1.807) is 7.11 Å². The monoisotopic (exact) mass is 625 g/mol. The maximum absolute atomic E-state index is 7.26. The second kappa shape index (κ2) is 12.5. The predicted octanol–water partition coefficient (Wildman–Crippen LogP) is 10.00. The summed E-state index contributed by atoms with van der Waals surface area (Å²) in [7, 11) is 1.75. The van der Waals surface area contributed by atoms with Crippen LogP contribution in [0.4, 0.5) is 11.4 Å². The molecule has 2 unspecified atom stereocenters. The number of alkyl halides is 1. The number of anilines is 1. The fourth-order valence-electron chi connectivity index (χ4n) is 7.05. The van der Waals surface area contributed by atoms with Crippen molar-refractivity contribution in [1.29, 1.82) is 0 Å². The second-order valence-corrected chi connectivity index (χ2v) is 14.2. The van der Waals surface area contributed by atoms with Crippen molar-refractivity contribution in [1.82, 2.24) is 0 Å². The van der Waals surface area contributed by atoms with Gasteiger partial charge in [0, 0.05) is 58.2 Å². The van der Waals surface area contributed by atoms with Crippen LogP contribution in [-0.2, 0) is 15.6 Å². The van der Waals surface area contributed by atoms with E-state index in [1.165, 1.54) is 39.5 Å². The third-order valence-electron chi connectivity index (χ3n) is 9.36. The van der Waals surface area contributed by atoms with Crippen LogP contribution in [0.15, 0.2) is 72.0 Å². The highest BCUT2D eigenvalue weighted by Crippen LogP contribution is 2.49. The summed E-state index contributed by atoms with van der Waals surface area (Å²) in [6.07, 6.45) is 13.6. The molecule has 2 aromatic carbocycles. The number of hydrogen-bond acceptors (Lipinski definition) is 2. The molecule has 2 heterocycles. The summed E-state index contributed by atoms with van der Waals surface area (Å²) in [5.41, 5.74) is 8.60. The van der Waals surface area contributed by atoms with Crippen molar-refractivity contribution in [3.8, 4) is 0 Å². The molecule has 3 aliphatic rings. The van der Waals surface area contributed by atoms with Gasteiger partial charge in [-0.05, 0) is 87.4 Å². The summed E-state index contributed by atoms with van der Waals surface area (Å²) in [6, 6.07) is 12.5. The quantitative estimate of drug-likeness (QED) is 0.214. The number of nitrogens with zero attached hydrogens (tertiary/aromatic N) is 2. The molecule has 224 valence electrons. The van der Waals surface area contributed by atoms with E-state index >= 15 is 0 Å². The minimum Gasteiger partial charge on any atom is -0.378 e. The van der Waals surface area contributed by atoms with Crippen LogP contribution in [0.3, 0.4) is 0 Å². The van der Waals surface area contributed by atoms with Crippen molar-refractivity contribution in [2.45, 2.75) is 76.5 Å².